The predicted molar refractivity (Wildman–Crippen MR) is 78.7 cm³/mol. The Hall–Kier alpha value is -0.610. The summed E-state index contributed by atoms with van der Waals surface area (Å²) in [5, 5.41) is 0. The van der Waals surface area contributed by atoms with E-state index < -0.39 is 0 Å². The smallest absolute Gasteiger partial charge is 0.307 e. The van der Waals surface area contributed by atoms with Crippen LogP contribution in [0.3, 0.4) is 0 Å². The molecule has 2 fully saturated rings. The Balaban J connectivity index is 2.08. The predicted octanol–water partition coefficient (Wildman–Crippen LogP) is 2.75. The van der Waals surface area contributed by atoms with Crippen molar-refractivity contribution in [2.45, 2.75) is 70.4 Å². The van der Waals surface area contributed by atoms with Crippen LogP contribution in [0.4, 0.5) is 0 Å². The summed E-state index contributed by atoms with van der Waals surface area (Å²) in [6.45, 7) is 7.58. The first-order valence-corrected chi connectivity index (χ1v) is 8.22. The molecule has 2 aliphatic rings. The minimum atomic E-state index is -0.0449. The Labute approximate surface area is 122 Å². The monoisotopic (exact) mass is 283 g/mol. The van der Waals surface area contributed by atoms with E-state index in [1.54, 1.807) is 0 Å². The molecule has 4 nitrogen and oxygen atoms in total. The van der Waals surface area contributed by atoms with E-state index in [0.717, 1.165) is 45.4 Å². The van der Waals surface area contributed by atoms with Crippen molar-refractivity contribution in [1.82, 2.24) is 4.90 Å². The lowest BCUT2D eigenvalue weighted by atomic mass is 9.81. The van der Waals surface area contributed by atoms with E-state index in [9.17, 15) is 4.79 Å². The van der Waals surface area contributed by atoms with Crippen LogP contribution in [0.2, 0.25) is 0 Å². The fraction of sp³-hybridized carbons (Fsp3) is 0.938. The summed E-state index contributed by atoms with van der Waals surface area (Å²) < 4.78 is 11.1. The maximum atomic E-state index is 12.0. The lowest BCUT2D eigenvalue weighted by Crippen LogP contribution is -2.54. The minimum absolute atomic E-state index is 0.0131. The first kappa shape index (κ1) is 15.8. The van der Waals surface area contributed by atoms with Crippen molar-refractivity contribution in [3.63, 3.8) is 0 Å². The maximum absolute atomic E-state index is 12.0. The zero-order valence-electron chi connectivity index (χ0n) is 13.0. The third kappa shape index (κ3) is 3.73. The molecule has 0 spiro atoms. The average molecular weight is 283 g/mol. The highest BCUT2D eigenvalue weighted by atomic mass is 16.5. The molecular formula is C16H29NO3. The second-order valence-corrected chi connectivity index (χ2v) is 6.14. The number of carbonyl (C=O) groups is 1. The molecule has 4 heteroatoms. The Kier molecular flexibility index (Phi) is 5.85. The van der Waals surface area contributed by atoms with E-state index in [1.807, 2.05) is 6.92 Å². The summed E-state index contributed by atoms with van der Waals surface area (Å²) in [5.74, 6) is -0.0449. The van der Waals surface area contributed by atoms with Gasteiger partial charge in [0, 0.05) is 12.1 Å². The zero-order chi connectivity index (χ0) is 14.4. The molecular weight excluding hydrogens is 254 g/mol. The first-order chi connectivity index (χ1) is 9.70. The number of esters is 1. The van der Waals surface area contributed by atoms with Crippen molar-refractivity contribution in [3.8, 4) is 0 Å². The van der Waals surface area contributed by atoms with Gasteiger partial charge in [-0.25, -0.2) is 0 Å². The van der Waals surface area contributed by atoms with Crippen molar-refractivity contribution in [1.29, 1.82) is 0 Å². The van der Waals surface area contributed by atoms with E-state index in [1.165, 1.54) is 12.8 Å². The normalized spacial score (nSPS) is 31.4. The second kappa shape index (κ2) is 7.41. The highest BCUT2D eigenvalue weighted by Crippen LogP contribution is 2.37. The standard InChI is InChI=1S/C16H29NO3/c1-3-7-14-12-16(8-11-20-14,13-15(18)19-4-2)17-9-5-6-10-17/h14H,3-13H2,1-2H3. The van der Waals surface area contributed by atoms with Gasteiger partial charge >= 0.3 is 5.97 Å². The lowest BCUT2D eigenvalue weighted by Gasteiger charge is -2.46. The lowest BCUT2D eigenvalue weighted by molar-refractivity contribution is -0.150. The summed E-state index contributed by atoms with van der Waals surface area (Å²) >= 11 is 0. The molecule has 2 aliphatic heterocycles. The average Bonchev–Trinajstić information content (AvgIpc) is 2.94. The largest absolute Gasteiger partial charge is 0.466 e. The summed E-state index contributed by atoms with van der Waals surface area (Å²) in [7, 11) is 0. The van der Waals surface area contributed by atoms with Gasteiger partial charge in [0.05, 0.1) is 19.1 Å². The minimum Gasteiger partial charge on any atom is -0.466 e. The number of hydrogen-bond acceptors (Lipinski definition) is 4. The molecule has 2 atom stereocenters. The molecule has 0 aromatic rings. The molecule has 2 rings (SSSR count). The van der Waals surface area contributed by atoms with Gasteiger partial charge in [-0.2, -0.15) is 0 Å². The van der Waals surface area contributed by atoms with Crippen molar-refractivity contribution in [3.05, 3.63) is 0 Å². The Morgan fingerprint density at radius 2 is 2.10 bits per heavy atom. The molecule has 0 saturated carbocycles. The highest BCUT2D eigenvalue weighted by molar-refractivity contribution is 5.71. The van der Waals surface area contributed by atoms with Crippen LogP contribution < -0.4 is 0 Å². The van der Waals surface area contributed by atoms with Gasteiger partial charge in [-0.05, 0) is 52.1 Å². The van der Waals surface area contributed by atoms with Crippen LogP contribution in [0, 0.1) is 0 Å². The second-order valence-electron chi connectivity index (χ2n) is 6.14. The van der Waals surface area contributed by atoms with E-state index in [0.29, 0.717) is 19.1 Å². The van der Waals surface area contributed by atoms with Gasteiger partial charge in [0.2, 0.25) is 0 Å². The summed E-state index contributed by atoms with van der Waals surface area (Å²) in [5.41, 5.74) is -0.0131. The molecule has 0 aliphatic carbocycles. The molecule has 0 aromatic carbocycles. The topological polar surface area (TPSA) is 38.8 Å². The zero-order valence-corrected chi connectivity index (χ0v) is 13.0. The van der Waals surface area contributed by atoms with Crippen molar-refractivity contribution < 1.29 is 14.3 Å². The summed E-state index contributed by atoms with van der Waals surface area (Å²) in [6.07, 6.45) is 7.53. The number of hydrogen-bond donors (Lipinski definition) is 0. The van der Waals surface area contributed by atoms with Crippen LogP contribution in [0.5, 0.6) is 0 Å². The van der Waals surface area contributed by atoms with Crippen LogP contribution in [0.1, 0.15) is 58.8 Å². The molecule has 0 bridgehead atoms. The van der Waals surface area contributed by atoms with E-state index in [4.69, 9.17) is 9.47 Å². The van der Waals surface area contributed by atoms with Gasteiger partial charge in [-0.1, -0.05) is 13.3 Å². The molecule has 116 valence electrons. The van der Waals surface area contributed by atoms with Crippen LogP contribution in [-0.2, 0) is 14.3 Å². The van der Waals surface area contributed by atoms with Crippen molar-refractivity contribution in [2.24, 2.45) is 0 Å². The number of nitrogens with zero attached hydrogens (tertiary/aromatic N) is 1. The molecule has 0 radical (unpaired) electrons. The van der Waals surface area contributed by atoms with Gasteiger partial charge in [0.1, 0.15) is 0 Å². The Morgan fingerprint density at radius 3 is 2.75 bits per heavy atom. The maximum Gasteiger partial charge on any atom is 0.307 e. The van der Waals surface area contributed by atoms with E-state index in [2.05, 4.69) is 11.8 Å². The molecule has 0 N–H and O–H groups in total. The molecule has 2 unspecified atom stereocenters. The van der Waals surface area contributed by atoms with Gasteiger partial charge in [0.15, 0.2) is 0 Å². The number of rotatable bonds is 6. The molecule has 2 heterocycles. The third-order valence-electron chi connectivity index (χ3n) is 4.69. The summed E-state index contributed by atoms with van der Waals surface area (Å²) in [4.78, 5) is 14.6. The third-order valence-corrected chi connectivity index (χ3v) is 4.69. The van der Waals surface area contributed by atoms with Crippen LogP contribution >= 0.6 is 0 Å². The Bertz CT molecular complexity index is 313. The molecule has 0 amide bonds. The fourth-order valence-electron chi connectivity index (χ4n) is 3.74. The quantitative estimate of drug-likeness (QED) is 0.703. The van der Waals surface area contributed by atoms with Gasteiger partial charge < -0.3 is 9.47 Å². The Morgan fingerprint density at radius 1 is 1.35 bits per heavy atom. The molecule has 20 heavy (non-hydrogen) atoms. The van der Waals surface area contributed by atoms with Gasteiger partial charge in [-0.15, -0.1) is 0 Å². The first-order valence-electron chi connectivity index (χ1n) is 8.22. The SMILES string of the molecule is CCCC1CC(CC(=O)OCC)(N2CCCC2)CCO1. The molecule has 0 aromatic heterocycles. The van der Waals surface area contributed by atoms with Crippen LogP contribution in [0.15, 0.2) is 0 Å². The van der Waals surface area contributed by atoms with Gasteiger partial charge in [-0.3, -0.25) is 9.69 Å². The van der Waals surface area contributed by atoms with Crippen LogP contribution in [0.25, 0.3) is 0 Å². The van der Waals surface area contributed by atoms with E-state index in [-0.39, 0.29) is 11.5 Å². The van der Waals surface area contributed by atoms with E-state index >= 15 is 0 Å². The number of ether oxygens (including phenoxy) is 2. The van der Waals surface area contributed by atoms with Crippen LogP contribution in [-0.4, -0.2) is 48.8 Å². The number of likely N-dealkylation sites (tertiary alicyclic amines) is 1. The fourth-order valence-corrected chi connectivity index (χ4v) is 3.74. The highest BCUT2D eigenvalue weighted by Gasteiger charge is 2.44. The van der Waals surface area contributed by atoms with Gasteiger partial charge in [0.25, 0.3) is 0 Å². The molecule has 2 saturated heterocycles. The number of carbonyl (C=O) groups excluding carboxylic acids is 1. The van der Waals surface area contributed by atoms with Crippen molar-refractivity contribution in [2.75, 3.05) is 26.3 Å². The van der Waals surface area contributed by atoms with Crippen molar-refractivity contribution >= 4 is 5.97 Å². The summed E-state index contributed by atoms with van der Waals surface area (Å²) in [6, 6.07) is 0.